The molecule has 9 heteroatoms. The fraction of sp³-hybridized carbons (Fsp3) is 0.208. The van der Waals surface area contributed by atoms with Gasteiger partial charge in [0, 0.05) is 13.0 Å². The first-order valence-corrected chi connectivity index (χ1v) is 11.2. The number of amides is 1. The molecule has 0 saturated heterocycles. The molecule has 0 aliphatic heterocycles. The molecule has 0 bridgehead atoms. The summed E-state index contributed by atoms with van der Waals surface area (Å²) < 4.78 is 5.07. The summed E-state index contributed by atoms with van der Waals surface area (Å²) in [5, 5.41) is 22.8. The summed E-state index contributed by atoms with van der Waals surface area (Å²) in [6.07, 6.45) is 4.44. The van der Waals surface area contributed by atoms with Crippen molar-refractivity contribution in [2.75, 3.05) is 19.4 Å². The van der Waals surface area contributed by atoms with Crippen molar-refractivity contribution in [2.24, 2.45) is 0 Å². The lowest BCUT2D eigenvalue weighted by molar-refractivity contribution is -0.118. The summed E-state index contributed by atoms with van der Waals surface area (Å²) in [7, 11) is 1.47. The molecule has 0 aliphatic rings. The molecular weight excluding hydrogens is 442 g/mol. The van der Waals surface area contributed by atoms with Crippen LogP contribution >= 0.6 is 11.8 Å². The van der Waals surface area contributed by atoms with Crippen molar-refractivity contribution in [1.29, 1.82) is 0 Å². The van der Waals surface area contributed by atoms with E-state index in [0.717, 1.165) is 22.9 Å². The lowest BCUT2D eigenvalue weighted by Crippen LogP contribution is -2.27. The number of nitrogens with zero attached hydrogens (tertiary/aromatic N) is 1. The fourth-order valence-electron chi connectivity index (χ4n) is 3.00. The van der Waals surface area contributed by atoms with Crippen molar-refractivity contribution in [3.8, 4) is 17.4 Å². The Hall–Kier alpha value is -3.72. The Morgan fingerprint density at radius 3 is 2.73 bits per heavy atom. The number of benzene rings is 2. The molecule has 0 spiro atoms. The number of aromatic amines is 1. The SMILES string of the molecule is COc1cc(CCNC(=O)CSc2nc(=O)c(CC=Cc3ccccc3)c(O)[nH]2)ccc1O. The predicted molar refractivity (Wildman–Crippen MR) is 128 cm³/mol. The highest BCUT2D eigenvalue weighted by Gasteiger charge is 2.11. The summed E-state index contributed by atoms with van der Waals surface area (Å²) in [6.45, 7) is 0.398. The number of carbonyl (C=O) groups excluding carboxylic acids is 1. The number of aromatic nitrogens is 2. The van der Waals surface area contributed by atoms with Gasteiger partial charge in [-0.1, -0.05) is 60.3 Å². The van der Waals surface area contributed by atoms with Gasteiger partial charge in [-0.25, -0.2) is 0 Å². The van der Waals surface area contributed by atoms with E-state index in [2.05, 4.69) is 15.3 Å². The Morgan fingerprint density at radius 1 is 1.21 bits per heavy atom. The molecule has 0 radical (unpaired) electrons. The largest absolute Gasteiger partial charge is 0.504 e. The minimum absolute atomic E-state index is 0.0362. The van der Waals surface area contributed by atoms with Gasteiger partial charge in [-0.05, 0) is 29.7 Å². The zero-order valence-corrected chi connectivity index (χ0v) is 18.9. The highest BCUT2D eigenvalue weighted by Crippen LogP contribution is 2.26. The Morgan fingerprint density at radius 2 is 2.00 bits per heavy atom. The van der Waals surface area contributed by atoms with Crippen LogP contribution in [-0.4, -0.2) is 45.5 Å². The van der Waals surface area contributed by atoms with Crippen LogP contribution in [0.1, 0.15) is 16.7 Å². The average Bonchev–Trinajstić information content (AvgIpc) is 2.81. The number of nitrogens with one attached hydrogen (secondary N) is 2. The molecule has 0 atom stereocenters. The lowest BCUT2D eigenvalue weighted by Gasteiger charge is -2.08. The molecule has 1 heterocycles. The number of hydrogen-bond donors (Lipinski definition) is 4. The smallest absolute Gasteiger partial charge is 0.281 e. The standard InChI is InChI=1S/C24H25N3O5S/c1-32-20-14-17(10-11-19(20)28)12-13-25-21(29)15-33-24-26-22(30)18(23(31)27-24)9-5-8-16-6-3-2-4-7-16/h2-8,10-11,14,28H,9,12-13,15H2,1H3,(H,25,29)(H2,26,27,30,31). The number of hydrogen-bond acceptors (Lipinski definition) is 7. The van der Waals surface area contributed by atoms with E-state index in [1.54, 1.807) is 24.3 Å². The monoisotopic (exact) mass is 467 g/mol. The maximum atomic E-state index is 12.3. The predicted octanol–water partition coefficient (Wildman–Crippen LogP) is 2.90. The summed E-state index contributed by atoms with van der Waals surface area (Å²) in [4.78, 5) is 31.0. The van der Waals surface area contributed by atoms with Crippen LogP contribution in [0.15, 0.2) is 64.6 Å². The van der Waals surface area contributed by atoms with Gasteiger partial charge in [0.2, 0.25) is 5.91 Å². The van der Waals surface area contributed by atoms with Crippen LogP contribution in [0.3, 0.4) is 0 Å². The van der Waals surface area contributed by atoms with Crippen molar-refractivity contribution < 1.29 is 19.7 Å². The van der Waals surface area contributed by atoms with Gasteiger partial charge in [0.25, 0.3) is 5.56 Å². The average molecular weight is 468 g/mol. The molecule has 0 fully saturated rings. The summed E-state index contributed by atoms with van der Waals surface area (Å²) in [5.74, 6) is -0.0123. The Labute approximate surface area is 195 Å². The van der Waals surface area contributed by atoms with Crippen molar-refractivity contribution in [1.82, 2.24) is 15.3 Å². The third kappa shape index (κ3) is 7.15. The Bertz CT molecular complexity index is 1180. The molecule has 3 aromatic rings. The molecule has 33 heavy (non-hydrogen) atoms. The number of thioether (sulfide) groups is 1. The maximum Gasteiger partial charge on any atom is 0.281 e. The van der Waals surface area contributed by atoms with E-state index in [4.69, 9.17) is 4.74 Å². The van der Waals surface area contributed by atoms with Crippen molar-refractivity contribution in [3.63, 3.8) is 0 Å². The third-order valence-electron chi connectivity index (χ3n) is 4.72. The molecule has 0 aliphatic carbocycles. The quantitative estimate of drug-likeness (QED) is 0.267. The lowest BCUT2D eigenvalue weighted by atomic mass is 10.1. The molecule has 4 N–H and O–H groups in total. The van der Waals surface area contributed by atoms with Crippen LogP contribution in [0, 0.1) is 0 Å². The van der Waals surface area contributed by atoms with Gasteiger partial charge in [-0.2, -0.15) is 4.98 Å². The number of methoxy groups -OCH3 is 1. The van der Waals surface area contributed by atoms with Crippen LogP contribution < -0.4 is 15.6 Å². The maximum absolute atomic E-state index is 12.3. The molecule has 1 amide bonds. The van der Waals surface area contributed by atoms with E-state index >= 15 is 0 Å². The van der Waals surface area contributed by atoms with Crippen LogP contribution in [0.4, 0.5) is 0 Å². The second kappa shape index (κ2) is 11.8. The molecular formula is C24H25N3O5S. The van der Waals surface area contributed by atoms with E-state index < -0.39 is 5.56 Å². The number of phenols is 1. The number of H-pyrrole nitrogens is 1. The van der Waals surface area contributed by atoms with Gasteiger partial charge in [0.05, 0.1) is 18.4 Å². The molecule has 172 valence electrons. The van der Waals surface area contributed by atoms with Crippen LogP contribution in [0.2, 0.25) is 0 Å². The number of phenolic OH excluding ortho intramolecular Hbond substituents is 1. The van der Waals surface area contributed by atoms with Gasteiger partial charge in [-0.3, -0.25) is 9.59 Å². The second-order valence-corrected chi connectivity index (χ2v) is 8.05. The van der Waals surface area contributed by atoms with Crippen molar-refractivity contribution in [3.05, 3.63) is 81.7 Å². The molecule has 8 nitrogen and oxygen atoms in total. The number of ether oxygens (including phenoxy) is 1. The number of aromatic hydroxyl groups is 2. The zero-order valence-electron chi connectivity index (χ0n) is 18.1. The normalized spacial score (nSPS) is 10.9. The van der Waals surface area contributed by atoms with Gasteiger partial charge in [0.15, 0.2) is 22.5 Å². The van der Waals surface area contributed by atoms with Gasteiger partial charge in [0.1, 0.15) is 0 Å². The first-order valence-electron chi connectivity index (χ1n) is 10.3. The molecule has 0 unspecified atom stereocenters. The number of rotatable bonds is 10. The van der Waals surface area contributed by atoms with Crippen LogP contribution in [-0.2, 0) is 17.6 Å². The highest BCUT2D eigenvalue weighted by atomic mass is 32.2. The van der Waals surface area contributed by atoms with E-state index in [9.17, 15) is 19.8 Å². The van der Waals surface area contributed by atoms with Gasteiger partial charge >= 0.3 is 0 Å². The Balaban J connectivity index is 1.48. The minimum Gasteiger partial charge on any atom is -0.504 e. The zero-order chi connectivity index (χ0) is 23.6. The summed E-state index contributed by atoms with van der Waals surface area (Å²) in [5.41, 5.74) is 1.53. The van der Waals surface area contributed by atoms with E-state index in [0.29, 0.717) is 18.7 Å². The number of allylic oxidation sites excluding steroid dienone is 1. The van der Waals surface area contributed by atoms with Crippen molar-refractivity contribution >= 4 is 23.7 Å². The van der Waals surface area contributed by atoms with E-state index in [1.165, 1.54) is 7.11 Å². The molecule has 1 aromatic heterocycles. The minimum atomic E-state index is -0.534. The van der Waals surface area contributed by atoms with Gasteiger partial charge < -0.3 is 25.3 Å². The van der Waals surface area contributed by atoms with Crippen molar-refractivity contribution in [2.45, 2.75) is 18.0 Å². The molecule has 2 aromatic carbocycles. The molecule has 3 rings (SSSR count). The first-order chi connectivity index (χ1) is 16.0. The second-order valence-electron chi connectivity index (χ2n) is 7.09. The molecule has 0 saturated carbocycles. The van der Waals surface area contributed by atoms with Gasteiger partial charge in [-0.15, -0.1) is 0 Å². The fourth-order valence-corrected chi connectivity index (χ4v) is 3.69. The highest BCUT2D eigenvalue weighted by molar-refractivity contribution is 7.99. The van der Waals surface area contributed by atoms with Crippen LogP contribution in [0.25, 0.3) is 6.08 Å². The first kappa shape index (κ1) is 23.9. The number of carbonyl (C=O) groups is 1. The third-order valence-corrected chi connectivity index (χ3v) is 5.60. The Kier molecular flexibility index (Phi) is 8.54. The summed E-state index contributed by atoms with van der Waals surface area (Å²) in [6, 6.07) is 14.6. The van der Waals surface area contributed by atoms with Crippen LogP contribution in [0.5, 0.6) is 17.4 Å². The van der Waals surface area contributed by atoms with E-state index in [-0.39, 0.29) is 40.4 Å². The topological polar surface area (TPSA) is 125 Å². The summed E-state index contributed by atoms with van der Waals surface area (Å²) >= 11 is 1.03. The van der Waals surface area contributed by atoms with E-state index in [1.807, 2.05) is 36.4 Å².